The maximum absolute atomic E-state index is 5.66. The van der Waals surface area contributed by atoms with Gasteiger partial charge in [-0.05, 0) is 40.8 Å². The molecule has 0 aromatic carbocycles. The third-order valence-corrected chi connectivity index (χ3v) is 3.74. The van der Waals surface area contributed by atoms with Crippen molar-refractivity contribution < 1.29 is 0 Å². The second-order valence-corrected chi connectivity index (χ2v) is 5.57. The van der Waals surface area contributed by atoms with E-state index in [1.165, 1.54) is 25.7 Å². The molecule has 0 bridgehead atoms. The Morgan fingerprint density at radius 3 is 3.00 bits per heavy atom. The van der Waals surface area contributed by atoms with Gasteiger partial charge in [-0.15, -0.1) is 0 Å². The molecule has 0 saturated heterocycles. The van der Waals surface area contributed by atoms with Crippen molar-refractivity contribution in [2.24, 2.45) is 5.92 Å². The molecule has 1 aromatic rings. The van der Waals surface area contributed by atoms with E-state index in [9.17, 15) is 0 Å². The lowest BCUT2D eigenvalue weighted by Crippen LogP contribution is -2.26. The minimum Gasteiger partial charge on any atom is -0.397 e. The summed E-state index contributed by atoms with van der Waals surface area (Å²) in [6.07, 6.45) is 6.83. The van der Waals surface area contributed by atoms with Crippen molar-refractivity contribution in [2.45, 2.75) is 38.6 Å². The Hall–Kier alpha value is -0.770. The van der Waals surface area contributed by atoms with Gasteiger partial charge in [0.2, 0.25) is 0 Å². The molecule has 1 saturated carbocycles. The Morgan fingerprint density at radius 1 is 1.50 bits per heavy atom. The molecule has 1 aliphatic carbocycles. The normalized spacial score (nSPS) is 25.4. The second kappa shape index (κ2) is 5.04. The van der Waals surface area contributed by atoms with E-state index in [1.807, 2.05) is 6.07 Å². The number of aromatic nitrogens is 1. The predicted octanol–water partition coefficient (Wildman–Crippen LogP) is 3.42. The summed E-state index contributed by atoms with van der Waals surface area (Å²) in [5, 5.41) is 3.49. The highest BCUT2D eigenvalue weighted by Crippen LogP contribution is 2.28. The van der Waals surface area contributed by atoms with Crippen molar-refractivity contribution in [1.82, 2.24) is 4.98 Å². The van der Waals surface area contributed by atoms with Gasteiger partial charge in [-0.2, -0.15) is 0 Å². The third kappa shape index (κ3) is 2.88. The second-order valence-electron chi connectivity index (χ2n) is 4.71. The van der Waals surface area contributed by atoms with E-state index in [0.29, 0.717) is 11.7 Å². The Labute approximate surface area is 105 Å². The largest absolute Gasteiger partial charge is 0.397 e. The van der Waals surface area contributed by atoms with E-state index < -0.39 is 0 Å². The van der Waals surface area contributed by atoms with Crippen LogP contribution in [0.3, 0.4) is 0 Å². The number of anilines is 2. The number of pyridine rings is 1. The molecule has 0 amide bonds. The first-order valence-corrected chi connectivity index (χ1v) is 6.62. The van der Waals surface area contributed by atoms with Crippen LogP contribution in [-0.2, 0) is 0 Å². The molecular formula is C12H18BrN3. The Balaban J connectivity index is 2.02. The highest BCUT2D eigenvalue weighted by atomic mass is 79.9. The van der Waals surface area contributed by atoms with Gasteiger partial charge in [0.05, 0.1) is 16.4 Å². The quantitative estimate of drug-likeness (QED) is 0.875. The average Bonchev–Trinajstić information content (AvgIpc) is 2.22. The average molecular weight is 284 g/mol. The highest BCUT2D eigenvalue weighted by molar-refractivity contribution is 9.10. The van der Waals surface area contributed by atoms with Crippen molar-refractivity contribution in [1.29, 1.82) is 0 Å². The third-order valence-electron chi connectivity index (χ3n) is 3.14. The van der Waals surface area contributed by atoms with E-state index in [-0.39, 0.29) is 0 Å². The molecular weight excluding hydrogens is 266 g/mol. The highest BCUT2D eigenvalue weighted by Gasteiger charge is 2.19. The first kappa shape index (κ1) is 11.7. The van der Waals surface area contributed by atoms with Crippen LogP contribution in [0.5, 0.6) is 0 Å². The molecule has 2 rings (SSSR count). The molecule has 0 spiro atoms. The van der Waals surface area contributed by atoms with Gasteiger partial charge in [-0.3, -0.25) is 0 Å². The molecule has 88 valence electrons. The van der Waals surface area contributed by atoms with E-state index in [2.05, 4.69) is 33.2 Å². The van der Waals surface area contributed by atoms with Crippen LogP contribution in [0.25, 0.3) is 0 Å². The lowest BCUT2D eigenvalue weighted by atomic mass is 9.87. The van der Waals surface area contributed by atoms with Crippen molar-refractivity contribution in [3.8, 4) is 0 Å². The van der Waals surface area contributed by atoms with E-state index in [0.717, 1.165) is 16.2 Å². The fourth-order valence-corrected chi connectivity index (χ4v) is 2.80. The number of nitrogens with zero attached hydrogens (tertiary/aromatic N) is 1. The summed E-state index contributed by atoms with van der Waals surface area (Å²) in [7, 11) is 0. The summed E-state index contributed by atoms with van der Waals surface area (Å²) < 4.78 is 0.950. The zero-order valence-electron chi connectivity index (χ0n) is 9.54. The van der Waals surface area contributed by atoms with Crippen molar-refractivity contribution in [2.75, 3.05) is 11.1 Å². The lowest BCUT2D eigenvalue weighted by molar-refractivity contribution is 0.358. The van der Waals surface area contributed by atoms with Crippen molar-refractivity contribution in [3.05, 3.63) is 16.7 Å². The van der Waals surface area contributed by atoms with Crippen LogP contribution in [0.1, 0.15) is 32.6 Å². The summed E-state index contributed by atoms with van der Waals surface area (Å²) in [5.74, 6) is 1.73. The number of nitrogens with one attached hydrogen (secondary N) is 1. The number of halogens is 1. The van der Waals surface area contributed by atoms with Gasteiger partial charge < -0.3 is 11.1 Å². The molecule has 1 aromatic heterocycles. The number of hydrogen-bond acceptors (Lipinski definition) is 3. The van der Waals surface area contributed by atoms with Gasteiger partial charge in [-0.1, -0.05) is 19.8 Å². The molecule has 0 aliphatic heterocycles. The van der Waals surface area contributed by atoms with Gasteiger partial charge in [0, 0.05) is 6.04 Å². The molecule has 2 unspecified atom stereocenters. The van der Waals surface area contributed by atoms with Crippen LogP contribution in [-0.4, -0.2) is 11.0 Å². The first-order chi connectivity index (χ1) is 7.65. The van der Waals surface area contributed by atoms with Crippen LogP contribution >= 0.6 is 15.9 Å². The minimum atomic E-state index is 0.552. The van der Waals surface area contributed by atoms with E-state index >= 15 is 0 Å². The molecule has 3 nitrogen and oxygen atoms in total. The summed E-state index contributed by atoms with van der Waals surface area (Å²) >= 11 is 3.48. The molecule has 1 aliphatic rings. The lowest BCUT2D eigenvalue weighted by Gasteiger charge is -2.28. The van der Waals surface area contributed by atoms with Crippen molar-refractivity contribution in [3.63, 3.8) is 0 Å². The minimum absolute atomic E-state index is 0.552. The van der Waals surface area contributed by atoms with Crippen LogP contribution in [0.4, 0.5) is 11.5 Å². The Morgan fingerprint density at radius 2 is 2.31 bits per heavy atom. The maximum atomic E-state index is 5.66. The van der Waals surface area contributed by atoms with Gasteiger partial charge in [0.25, 0.3) is 0 Å². The molecule has 16 heavy (non-hydrogen) atoms. The zero-order valence-corrected chi connectivity index (χ0v) is 11.1. The Bertz CT molecular complexity index is 367. The van der Waals surface area contributed by atoms with Gasteiger partial charge in [0.1, 0.15) is 5.82 Å². The molecule has 1 fully saturated rings. The van der Waals surface area contributed by atoms with Gasteiger partial charge >= 0.3 is 0 Å². The number of rotatable bonds is 2. The molecule has 4 heteroatoms. The zero-order chi connectivity index (χ0) is 11.5. The number of nitrogen functional groups attached to an aromatic ring is 1. The standard InChI is InChI=1S/C12H18BrN3/c1-8-3-2-4-10(5-8)16-12-11(13)6-9(14)7-15-12/h6-8,10H,2-5,14H2,1H3,(H,15,16). The van der Waals surface area contributed by atoms with Crippen LogP contribution in [0, 0.1) is 5.92 Å². The number of nitrogens with two attached hydrogens (primary N) is 1. The SMILES string of the molecule is CC1CCCC(Nc2ncc(N)cc2Br)C1. The molecule has 2 atom stereocenters. The van der Waals surface area contributed by atoms with Crippen LogP contribution < -0.4 is 11.1 Å². The summed E-state index contributed by atoms with van der Waals surface area (Å²) in [6, 6.07) is 2.44. The maximum Gasteiger partial charge on any atom is 0.140 e. The molecule has 1 heterocycles. The summed E-state index contributed by atoms with van der Waals surface area (Å²) in [6.45, 7) is 2.32. The fourth-order valence-electron chi connectivity index (χ4n) is 2.32. The monoisotopic (exact) mass is 283 g/mol. The summed E-state index contributed by atoms with van der Waals surface area (Å²) in [5.41, 5.74) is 6.35. The van der Waals surface area contributed by atoms with E-state index in [4.69, 9.17) is 5.73 Å². The van der Waals surface area contributed by atoms with Gasteiger partial charge in [-0.25, -0.2) is 4.98 Å². The Kier molecular flexibility index (Phi) is 3.69. The predicted molar refractivity (Wildman–Crippen MR) is 71.4 cm³/mol. The number of hydrogen-bond donors (Lipinski definition) is 2. The smallest absolute Gasteiger partial charge is 0.140 e. The van der Waals surface area contributed by atoms with Crippen LogP contribution in [0.2, 0.25) is 0 Å². The molecule has 3 N–H and O–H groups in total. The summed E-state index contributed by atoms with van der Waals surface area (Å²) in [4.78, 5) is 4.31. The van der Waals surface area contributed by atoms with Gasteiger partial charge in [0.15, 0.2) is 0 Å². The van der Waals surface area contributed by atoms with Crippen LogP contribution in [0.15, 0.2) is 16.7 Å². The van der Waals surface area contributed by atoms with Crippen molar-refractivity contribution >= 4 is 27.4 Å². The first-order valence-electron chi connectivity index (χ1n) is 5.82. The molecule has 0 radical (unpaired) electrons. The van der Waals surface area contributed by atoms with E-state index in [1.54, 1.807) is 6.20 Å². The fraction of sp³-hybridized carbons (Fsp3) is 0.583. The topological polar surface area (TPSA) is 50.9 Å².